The van der Waals surface area contributed by atoms with Crippen LogP contribution < -0.4 is 10.5 Å². The molecule has 0 aromatic heterocycles. The molecule has 102 valence electrons. The third-order valence-corrected chi connectivity index (χ3v) is 4.23. The second-order valence-electron chi connectivity index (χ2n) is 5.71. The van der Waals surface area contributed by atoms with E-state index in [2.05, 4.69) is 24.3 Å². The molecule has 1 aromatic carbocycles. The molecule has 0 saturated heterocycles. The van der Waals surface area contributed by atoms with Gasteiger partial charge in [-0.05, 0) is 50.5 Å². The van der Waals surface area contributed by atoms with Crippen molar-refractivity contribution >= 4 is 0 Å². The fourth-order valence-electron chi connectivity index (χ4n) is 3.19. The van der Waals surface area contributed by atoms with E-state index in [9.17, 15) is 0 Å². The van der Waals surface area contributed by atoms with E-state index in [0.717, 1.165) is 31.6 Å². The summed E-state index contributed by atoms with van der Waals surface area (Å²) < 4.78 is 5.87. The highest BCUT2D eigenvalue weighted by molar-refractivity contribution is 5.44. The van der Waals surface area contributed by atoms with Crippen molar-refractivity contribution in [2.75, 3.05) is 6.61 Å². The Bertz CT molecular complexity index is 478. The van der Waals surface area contributed by atoms with E-state index in [0.29, 0.717) is 0 Å². The number of benzene rings is 1. The zero-order valence-corrected chi connectivity index (χ0v) is 11.5. The number of nitrogens with two attached hydrogens (primary N) is 1. The normalized spacial score (nSPS) is 20.2. The molecule has 2 nitrogen and oxygen atoms in total. The molecule has 0 fully saturated rings. The fourth-order valence-corrected chi connectivity index (χ4v) is 3.19. The average molecular weight is 257 g/mol. The molecule has 19 heavy (non-hydrogen) atoms. The molecule has 1 aliphatic carbocycles. The minimum absolute atomic E-state index is 0.0809. The van der Waals surface area contributed by atoms with Crippen LogP contribution in [0.2, 0.25) is 0 Å². The van der Waals surface area contributed by atoms with Gasteiger partial charge in [-0.25, -0.2) is 0 Å². The lowest BCUT2D eigenvalue weighted by Gasteiger charge is -2.24. The maximum atomic E-state index is 6.43. The minimum atomic E-state index is 0.0809. The Morgan fingerprint density at radius 1 is 1.16 bits per heavy atom. The summed E-state index contributed by atoms with van der Waals surface area (Å²) in [5.41, 5.74) is 10.5. The summed E-state index contributed by atoms with van der Waals surface area (Å²) in [7, 11) is 0. The van der Waals surface area contributed by atoms with Crippen LogP contribution in [0.15, 0.2) is 29.8 Å². The molecule has 1 unspecified atom stereocenters. The first-order valence-corrected chi connectivity index (χ1v) is 7.52. The van der Waals surface area contributed by atoms with Gasteiger partial charge in [0.2, 0.25) is 0 Å². The predicted octanol–water partition coefficient (Wildman–Crippen LogP) is 3.90. The van der Waals surface area contributed by atoms with Crippen molar-refractivity contribution in [3.8, 4) is 5.75 Å². The number of aryl methyl sites for hydroxylation is 1. The first kappa shape index (κ1) is 12.7. The molecule has 0 bridgehead atoms. The van der Waals surface area contributed by atoms with Crippen molar-refractivity contribution in [3.05, 3.63) is 41.0 Å². The third-order valence-electron chi connectivity index (χ3n) is 4.23. The highest BCUT2D eigenvalue weighted by atomic mass is 16.5. The van der Waals surface area contributed by atoms with Gasteiger partial charge in [-0.1, -0.05) is 29.8 Å². The van der Waals surface area contributed by atoms with E-state index in [1.807, 2.05) is 0 Å². The molecule has 1 aromatic rings. The lowest BCUT2D eigenvalue weighted by molar-refractivity contribution is 0.283. The number of rotatable bonds is 3. The van der Waals surface area contributed by atoms with Gasteiger partial charge in [0.15, 0.2) is 0 Å². The first-order valence-electron chi connectivity index (χ1n) is 7.52. The summed E-state index contributed by atoms with van der Waals surface area (Å²) in [4.78, 5) is 0. The van der Waals surface area contributed by atoms with Crippen molar-refractivity contribution in [3.63, 3.8) is 0 Å². The zero-order valence-electron chi connectivity index (χ0n) is 11.5. The quantitative estimate of drug-likeness (QED) is 0.833. The lowest BCUT2D eigenvalue weighted by Crippen LogP contribution is -2.17. The summed E-state index contributed by atoms with van der Waals surface area (Å²) in [6.07, 6.45) is 10.7. The van der Waals surface area contributed by atoms with E-state index in [1.165, 1.54) is 42.4 Å². The van der Waals surface area contributed by atoms with Crippen LogP contribution in [0.5, 0.6) is 5.75 Å². The maximum Gasteiger partial charge on any atom is 0.127 e. The van der Waals surface area contributed by atoms with Crippen LogP contribution in [0.25, 0.3) is 0 Å². The van der Waals surface area contributed by atoms with E-state index >= 15 is 0 Å². The summed E-state index contributed by atoms with van der Waals surface area (Å²) in [6, 6.07) is 6.51. The van der Waals surface area contributed by atoms with Crippen molar-refractivity contribution in [1.29, 1.82) is 0 Å². The van der Waals surface area contributed by atoms with Crippen LogP contribution in [0.3, 0.4) is 0 Å². The first-order chi connectivity index (χ1) is 9.34. The third kappa shape index (κ3) is 2.84. The second kappa shape index (κ2) is 5.79. The van der Waals surface area contributed by atoms with Gasteiger partial charge in [0.1, 0.15) is 5.75 Å². The van der Waals surface area contributed by atoms with Crippen molar-refractivity contribution in [1.82, 2.24) is 0 Å². The van der Waals surface area contributed by atoms with Crippen LogP contribution >= 0.6 is 0 Å². The molecule has 1 aliphatic heterocycles. The number of para-hydroxylation sites is 1. The monoisotopic (exact) mass is 257 g/mol. The van der Waals surface area contributed by atoms with Crippen molar-refractivity contribution in [2.45, 2.75) is 51.0 Å². The summed E-state index contributed by atoms with van der Waals surface area (Å²) >= 11 is 0. The molecule has 2 aliphatic rings. The Morgan fingerprint density at radius 3 is 2.95 bits per heavy atom. The second-order valence-corrected chi connectivity index (χ2v) is 5.71. The van der Waals surface area contributed by atoms with Crippen LogP contribution in [-0.4, -0.2) is 6.61 Å². The molecule has 0 radical (unpaired) electrons. The minimum Gasteiger partial charge on any atom is -0.493 e. The molecular weight excluding hydrogens is 234 g/mol. The zero-order chi connectivity index (χ0) is 13.1. The fraction of sp³-hybridized carbons (Fsp3) is 0.529. The van der Waals surface area contributed by atoms with Gasteiger partial charge in [-0.15, -0.1) is 0 Å². The van der Waals surface area contributed by atoms with Gasteiger partial charge in [0.05, 0.1) is 6.61 Å². The van der Waals surface area contributed by atoms with Gasteiger partial charge in [0.25, 0.3) is 0 Å². The van der Waals surface area contributed by atoms with E-state index in [-0.39, 0.29) is 6.04 Å². The van der Waals surface area contributed by atoms with Gasteiger partial charge in [0, 0.05) is 11.6 Å². The highest BCUT2D eigenvalue weighted by Crippen LogP contribution is 2.35. The molecule has 1 heterocycles. The molecule has 0 spiro atoms. The van der Waals surface area contributed by atoms with Gasteiger partial charge < -0.3 is 10.5 Å². The van der Waals surface area contributed by atoms with Crippen LogP contribution in [0.4, 0.5) is 0 Å². The number of fused-ring (bicyclic) bond motifs is 1. The molecule has 1 atom stereocenters. The Balaban J connectivity index is 1.79. The number of ether oxygens (including phenoxy) is 1. The molecule has 2 heteroatoms. The Morgan fingerprint density at radius 2 is 2.11 bits per heavy atom. The van der Waals surface area contributed by atoms with E-state index < -0.39 is 0 Å². The van der Waals surface area contributed by atoms with Gasteiger partial charge in [-0.3, -0.25) is 0 Å². The Kier molecular flexibility index (Phi) is 3.88. The summed E-state index contributed by atoms with van der Waals surface area (Å²) in [5, 5.41) is 0. The van der Waals surface area contributed by atoms with Crippen LogP contribution in [0.1, 0.15) is 55.7 Å². The predicted molar refractivity (Wildman–Crippen MR) is 78.4 cm³/mol. The van der Waals surface area contributed by atoms with Gasteiger partial charge >= 0.3 is 0 Å². The molecule has 0 amide bonds. The Labute approximate surface area is 115 Å². The number of allylic oxidation sites excluding steroid dienone is 1. The molecule has 3 rings (SSSR count). The average Bonchev–Trinajstić information content (AvgIpc) is 2.47. The highest BCUT2D eigenvalue weighted by Gasteiger charge is 2.19. The lowest BCUT2D eigenvalue weighted by atomic mass is 9.90. The van der Waals surface area contributed by atoms with E-state index in [4.69, 9.17) is 10.5 Å². The molecule has 2 N–H and O–H groups in total. The van der Waals surface area contributed by atoms with Gasteiger partial charge in [-0.2, -0.15) is 0 Å². The van der Waals surface area contributed by atoms with E-state index in [1.54, 1.807) is 0 Å². The smallest absolute Gasteiger partial charge is 0.127 e. The SMILES string of the molecule is NC(CC1=CCCCC1)c1cccc2c1OCCC2. The summed E-state index contributed by atoms with van der Waals surface area (Å²) in [5.74, 6) is 1.07. The topological polar surface area (TPSA) is 35.2 Å². The molecular formula is C17H23NO. The van der Waals surface area contributed by atoms with Crippen molar-refractivity contribution in [2.24, 2.45) is 5.73 Å². The Hall–Kier alpha value is -1.28. The number of hydrogen-bond donors (Lipinski definition) is 1. The molecule has 0 saturated carbocycles. The van der Waals surface area contributed by atoms with Crippen LogP contribution in [0, 0.1) is 0 Å². The van der Waals surface area contributed by atoms with Crippen LogP contribution in [-0.2, 0) is 6.42 Å². The standard InChI is InChI=1S/C17H23NO/c18-16(12-13-6-2-1-3-7-13)15-10-4-8-14-9-5-11-19-17(14)15/h4,6,8,10,16H,1-3,5,7,9,11-12,18H2. The van der Waals surface area contributed by atoms with Crippen molar-refractivity contribution < 1.29 is 4.74 Å². The number of hydrogen-bond acceptors (Lipinski definition) is 2. The largest absolute Gasteiger partial charge is 0.493 e. The maximum absolute atomic E-state index is 6.43. The summed E-state index contributed by atoms with van der Waals surface area (Å²) in [6.45, 7) is 0.833.